The molecule has 1 saturated heterocycles. The van der Waals surface area contributed by atoms with E-state index >= 15 is 0 Å². The maximum absolute atomic E-state index is 14.6. The second-order valence-electron chi connectivity index (χ2n) is 8.45. The van der Waals surface area contributed by atoms with Crippen LogP contribution in [-0.2, 0) is 13.1 Å². The van der Waals surface area contributed by atoms with Crippen LogP contribution in [0.4, 0.5) is 10.1 Å². The van der Waals surface area contributed by atoms with Crippen LogP contribution in [0, 0.1) is 5.95 Å². The molecule has 1 amide bonds. The van der Waals surface area contributed by atoms with Crippen molar-refractivity contribution in [3.63, 3.8) is 0 Å². The molecule has 0 spiro atoms. The number of aromatic amines is 1. The zero-order valence-corrected chi connectivity index (χ0v) is 19.1. The maximum Gasteiger partial charge on any atom is 0.328 e. The molecule has 1 aliphatic carbocycles. The number of hydrogen-bond donors (Lipinski definition) is 2. The van der Waals surface area contributed by atoms with Crippen LogP contribution < -0.4 is 21.5 Å². The van der Waals surface area contributed by atoms with E-state index in [0.29, 0.717) is 55.2 Å². The average molecular weight is 473 g/mol. The molecule has 2 N–H and O–H groups in total. The molecule has 4 heterocycles. The number of aromatic nitrogens is 3. The predicted octanol–water partition coefficient (Wildman–Crippen LogP) is 1.52. The second-order valence-corrected chi connectivity index (χ2v) is 9.59. The Morgan fingerprint density at radius 1 is 1.24 bits per heavy atom. The Hall–Kier alpha value is -3.05. The van der Waals surface area contributed by atoms with Gasteiger partial charge in [-0.25, -0.2) is 9.78 Å². The molecule has 11 heteroatoms. The number of H-pyrrole nitrogens is 1. The van der Waals surface area contributed by atoms with Crippen molar-refractivity contribution in [3.8, 4) is 0 Å². The first-order valence-corrected chi connectivity index (χ1v) is 11.9. The van der Waals surface area contributed by atoms with Gasteiger partial charge in [-0.3, -0.25) is 19.1 Å². The molecule has 5 rings (SSSR count). The number of nitrogens with zero attached hydrogens (tertiary/aromatic N) is 4. The molecule has 174 valence electrons. The van der Waals surface area contributed by atoms with E-state index < -0.39 is 5.95 Å². The van der Waals surface area contributed by atoms with Crippen LogP contribution in [0.2, 0.25) is 0 Å². The minimum atomic E-state index is -0.632. The van der Waals surface area contributed by atoms with Gasteiger partial charge >= 0.3 is 5.69 Å². The van der Waals surface area contributed by atoms with Gasteiger partial charge in [0.25, 0.3) is 11.5 Å². The molecule has 1 saturated carbocycles. The topological polar surface area (TPSA) is 103 Å². The summed E-state index contributed by atoms with van der Waals surface area (Å²) in [4.78, 5) is 48.5. The Kier molecular flexibility index (Phi) is 5.75. The van der Waals surface area contributed by atoms with Crippen LogP contribution in [0.1, 0.15) is 35.1 Å². The molecule has 2 fully saturated rings. The Balaban J connectivity index is 1.23. The summed E-state index contributed by atoms with van der Waals surface area (Å²) >= 11 is 1.40. The van der Waals surface area contributed by atoms with Crippen LogP contribution in [0.25, 0.3) is 10.2 Å². The van der Waals surface area contributed by atoms with Gasteiger partial charge in [0, 0.05) is 50.2 Å². The summed E-state index contributed by atoms with van der Waals surface area (Å²) in [7, 11) is 0. The van der Waals surface area contributed by atoms with E-state index in [2.05, 4.69) is 20.2 Å². The molecule has 3 aromatic rings. The number of anilines is 1. The fraction of sp³-hybridized carbons (Fsp3) is 0.455. The minimum absolute atomic E-state index is 0.103. The zero-order valence-electron chi connectivity index (χ0n) is 18.3. The van der Waals surface area contributed by atoms with Crippen molar-refractivity contribution in [3.05, 3.63) is 55.6 Å². The van der Waals surface area contributed by atoms with Gasteiger partial charge in [0.05, 0.1) is 11.2 Å². The standard InChI is InChI=1S/C22H25FN6O3S/c1-2-29-21(31)18-16(26-22(29)32)11-14(33-18)12-27-7-9-28(10-8-27)17-6-5-15(25-19(17)23)20(30)24-13-3-4-13/h5-6,11,13H,2-4,7-10,12H2,1H3,(H,24,30)(H,26,32). The van der Waals surface area contributed by atoms with Gasteiger partial charge in [-0.05, 0) is 38.0 Å². The summed E-state index contributed by atoms with van der Waals surface area (Å²) in [5.41, 5.74) is 0.436. The van der Waals surface area contributed by atoms with Gasteiger partial charge in [0.1, 0.15) is 10.4 Å². The van der Waals surface area contributed by atoms with Gasteiger partial charge in [0.15, 0.2) is 0 Å². The number of nitrogens with one attached hydrogen (secondary N) is 2. The van der Waals surface area contributed by atoms with Crippen LogP contribution in [-0.4, -0.2) is 57.6 Å². The minimum Gasteiger partial charge on any atom is -0.365 e. The van der Waals surface area contributed by atoms with Crippen molar-refractivity contribution in [2.24, 2.45) is 0 Å². The van der Waals surface area contributed by atoms with Crippen LogP contribution >= 0.6 is 11.3 Å². The van der Waals surface area contributed by atoms with Crippen molar-refractivity contribution in [1.82, 2.24) is 24.8 Å². The van der Waals surface area contributed by atoms with Crippen LogP contribution in [0.5, 0.6) is 0 Å². The third-order valence-corrected chi connectivity index (χ3v) is 7.20. The highest BCUT2D eigenvalue weighted by molar-refractivity contribution is 7.18. The van der Waals surface area contributed by atoms with Crippen molar-refractivity contribution >= 4 is 33.1 Å². The Morgan fingerprint density at radius 2 is 2.00 bits per heavy atom. The van der Waals surface area contributed by atoms with Crippen molar-refractivity contribution < 1.29 is 9.18 Å². The second kappa shape index (κ2) is 8.71. The van der Waals surface area contributed by atoms with Crippen LogP contribution in [0.3, 0.4) is 0 Å². The summed E-state index contributed by atoms with van der Waals surface area (Å²) < 4.78 is 16.4. The summed E-state index contributed by atoms with van der Waals surface area (Å²) in [5.74, 6) is -0.962. The molecular formula is C22H25FN6O3S. The Labute approximate surface area is 192 Å². The lowest BCUT2D eigenvalue weighted by Crippen LogP contribution is -2.46. The lowest BCUT2D eigenvalue weighted by molar-refractivity contribution is 0.0945. The first kappa shape index (κ1) is 21.8. The zero-order chi connectivity index (χ0) is 23.1. The van der Waals surface area contributed by atoms with E-state index in [0.717, 1.165) is 17.7 Å². The Morgan fingerprint density at radius 3 is 2.67 bits per heavy atom. The lowest BCUT2D eigenvalue weighted by Gasteiger charge is -2.35. The van der Waals surface area contributed by atoms with E-state index in [1.807, 2.05) is 11.0 Å². The summed E-state index contributed by atoms with van der Waals surface area (Å²) in [6, 6.07) is 5.26. The van der Waals surface area contributed by atoms with Crippen molar-refractivity contribution in [2.75, 3.05) is 31.1 Å². The summed E-state index contributed by atoms with van der Waals surface area (Å²) in [5, 5.41) is 2.82. The van der Waals surface area contributed by atoms with E-state index in [1.54, 1.807) is 19.1 Å². The molecule has 0 radical (unpaired) electrons. The molecule has 0 unspecified atom stereocenters. The quantitative estimate of drug-likeness (QED) is 0.528. The van der Waals surface area contributed by atoms with E-state index in [-0.39, 0.29) is 28.9 Å². The highest BCUT2D eigenvalue weighted by Crippen LogP contribution is 2.25. The van der Waals surface area contributed by atoms with Gasteiger partial charge < -0.3 is 15.2 Å². The first-order chi connectivity index (χ1) is 15.9. The van der Waals surface area contributed by atoms with E-state index in [4.69, 9.17) is 0 Å². The Bertz CT molecular complexity index is 1320. The highest BCUT2D eigenvalue weighted by Gasteiger charge is 2.26. The average Bonchev–Trinajstić information content (AvgIpc) is 3.52. The molecule has 33 heavy (non-hydrogen) atoms. The molecule has 9 nitrogen and oxygen atoms in total. The highest BCUT2D eigenvalue weighted by atomic mass is 32.1. The largest absolute Gasteiger partial charge is 0.365 e. The number of halogens is 1. The third kappa shape index (κ3) is 4.42. The van der Waals surface area contributed by atoms with Gasteiger partial charge in [-0.2, -0.15) is 4.39 Å². The molecule has 1 aliphatic heterocycles. The number of rotatable bonds is 6. The van der Waals surface area contributed by atoms with Crippen LogP contribution in [0.15, 0.2) is 27.8 Å². The van der Waals surface area contributed by atoms with Crippen molar-refractivity contribution in [1.29, 1.82) is 0 Å². The molecule has 0 aromatic carbocycles. The fourth-order valence-electron chi connectivity index (χ4n) is 4.10. The molecule has 0 atom stereocenters. The number of hydrogen-bond acceptors (Lipinski definition) is 7. The van der Waals surface area contributed by atoms with Crippen molar-refractivity contribution in [2.45, 2.75) is 38.9 Å². The number of carbonyl (C=O) groups excluding carboxylic acids is 1. The fourth-order valence-corrected chi connectivity index (χ4v) is 5.20. The van der Waals surface area contributed by atoms with E-state index in [1.165, 1.54) is 15.9 Å². The lowest BCUT2D eigenvalue weighted by atomic mass is 10.2. The van der Waals surface area contributed by atoms with Gasteiger partial charge in [-0.1, -0.05) is 0 Å². The molecule has 0 bridgehead atoms. The SMILES string of the molecule is CCn1c(=O)[nH]c2cc(CN3CCN(c4ccc(C(=O)NC5CC5)nc4F)CC3)sc2c1=O. The number of amides is 1. The maximum atomic E-state index is 14.6. The number of pyridine rings is 1. The monoisotopic (exact) mass is 472 g/mol. The number of carbonyl (C=O) groups is 1. The normalized spacial score (nSPS) is 17.0. The van der Waals surface area contributed by atoms with Gasteiger partial charge in [-0.15, -0.1) is 11.3 Å². The van der Waals surface area contributed by atoms with E-state index in [9.17, 15) is 18.8 Å². The third-order valence-electron chi connectivity index (χ3n) is 6.09. The molecular weight excluding hydrogens is 447 g/mol. The summed E-state index contributed by atoms with van der Waals surface area (Å²) in [6.07, 6.45) is 1.93. The summed E-state index contributed by atoms with van der Waals surface area (Å²) in [6.45, 7) is 5.43. The smallest absolute Gasteiger partial charge is 0.328 e. The van der Waals surface area contributed by atoms with Gasteiger partial charge in [0.2, 0.25) is 5.95 Å². The molecule has 2 aliphatic rings. The first-order valence-electron chi connectivity index (χ1n) is 11.1. The number of piperazine rings is 1. The number of fused-ring (bicyclic) bond motifs is 1. The molecule has 3 aromatic heterocycles. The predicted molar refractivity (Wildman–Crippen MR) is 125 cm³/mol. The number of thiophene rings is 1.